The van der Waals surface area contributed by atoms with E-state index in [2.05, 4.69) is 17.3 Å². The molecule has 1 heterocycles. The average molecular weight is 278 g/mol. The molecule has 1 saturated heterocycles. The Morgan fingerprint density at radius 2 is 2.05 bits per heavy atom. The van der Waals surface area contributed by atoms with Gasteiger partial charge in [-0.15, -0.1) is 0 Å². The first kappa shape index (κ1) is 15.1. The molecule has 0 aromatic heterocycles. The second kappa shape index (κ2) is 8.12. The van der Waals surface area contributed by atoms with Crippen molar-refractivity contribution in [3.63, 3.8) is 0 Å². The van der Waals surface area contributed by atoms with E-state index in [1.807, 2.05) is 24.3 Å². The van der Waals surface area contributed by atoms with Gasteiger partial charge in [-0.2, -0.15) is 0 Å². The molecule has 1 unspecified atom stereocenters. The summed E-state index contributed by atoms with van der Waals surface area (Å²) >= 11 is 0. The van der Waals surface area contributed by atoms with E-state index < -0.39 is 0 Å². The molecule has 0 aliphatic carbocycles. The number of para-hydroxylation sites is 2. The number of benzene rings is 1. The van der Waals surface area contributed by atoms with Gasteiger partial charge in [-0.05, 0) is 38.6 Å². The zero-order chi connectivity index (χ0) is 14.2. The number of likely N-dealkylation sites (N-methyl/N-ethyl adjacent to an activating group) is 1. The third-order valence-corrected chi connectivity index (χ3v) is 3.74. The number of nitrogens with zero attached hydrogens (tertiary/aromatic N) is 1. The van der Waals surface area contributed by atoms with E-state index in [0.29, 0.717) is 12.6 Å². The number of hydrogen-bond acceptors (Lipinski definition) is 4. The van der Waals surface area contributed by atoms with Crippen molar-refractivity contribution in [2.45, 2.75) is 25.3 Å². The largest absolute Gasteiger partial charge is 0.493 e. The lowest BCUT2D eigenvalue weighted by molar-refractivity contribution is 0.207. The Hall–Kier alpha value is -1.26. The molecule has 1 atom stereocenters. The van der Waals surface area contributed by atoms with Gasteiger partial charge in [0.05, 0.1) is 7.11 Å². The van der Waals surface area contributed by atoms with Crippen molar-refractivity contribution in [1.29, 1.82) is 0 Å². The van der Waals surface area contributed by atoms with Crippen LogP contribution >= 0.6 is 0 Å². The summed E-state index contributed by atoms with van der Waals surface area (Å²) in [5.41, 5.74) is 0. The van der Waals surface area contributed by atoms with Crippen LogP contribution in [0.4, 0.5) is 0 Å². The Bertz CT molecular complexity index is 392. The molecule has 1 aliphatic rings. The summed E-state index contributed by atoms with van der Waals surface area (Å²) < 4.78 is 11.1. The van der Waals surface area contributed by atoms with Gasteiger partial charge in [0.2, 0.25) is 0 Å². The fourth-order valence-corrected chi connectivity index (χ4v) is 2.60. The Labute approximate surface area is 122 Å². The lowest BCUT2D eigenvalue weighted by atomic mass is 10.0. The maximum Gasteiger partial charge on any atom is 0.161 e. The topological polar surface area (TPSA) is 33.7 Å². The van der Waals surface area contributed by atoms with Crippen LogP contribution in [0.5, 0.6) is 11.5 Å². The van der Waals surface area contributed by atoms with Gasteiger partial charge in [0.25, 0.3) is 0 Å². The van der Waals surface area contributed by atoms with Gasteiger partial charge in [-0.1, -0.05) is 18.6 Å². The number of methoxy groups -OCH3 is 1. The van der Waals surface area contributed by atoms with E-state index in [9.17, 15) is 0 Å². The van der Waals surface area contributed by atoms with Gasteiger partial charge in [0.1, 0.15) is 6.61 Å². The molecular formula is C16H26N2O2. The van der Waals surface area contributed by atoms with E-state index >= 15 is 0 Å². The molecule has 1 N–H and O–H groups in total. The highest BCUT2D eigenvalue weighted by Crippen LogP contribution is 2.25. The monoisotopic (exact) mass is 278 g/mol. The van der Waals surface area contributed by atoms with E-state index in [1.165, 1.54) is 19.3 Å². The van der Waals surface area contributed by atoms with Crippen LogP contribution in [0.3, 0.4) is 0 Å². The minimum absolute atomic E-state index is 0.639. The summed E-state index contributed by atoms with van der Waals surface area (Å²) in [5, 5.41) is 3.57. The summed E-state index contributed by atoms with van der Waals surface area (Å²) in [6, 6.07) is 8.42. The average Bonchev–Trinajstić information content (AvgIpc) is 2.49. The second-order valence-corrected chi connectivity index (χ2v) is 5.41. The summed E-state index contributed by atoms with van der Waals surface area (Å²) in [4.78, 5) is 2.33. The third kappa shape index (κ3) is 4.69. The molecule has 112 valence electrons. The van der Waals surface area contributed by atoms with E-state index in [4.69, 9.17) is 9.47 Å². The Balaban J connectivity index is 1.69. The second-order valence-electron chi connectivity index (χ2n) is 5.41. The van der Waals surface area contributed by atoms with Crippen molar-refractivity contribution in [2.75, 3.05) is 40.4 Å². The maximum atomic E-state index is 5.80. The molecule has 1 aromatic rings. The molecule has 0 spiro atoms. The molecule has 1 aliphatic heterocycles. The van der Waals surface area contributed by atoms with Crippen molar-refractivity contribution in [2.24, 2.45) is 0 Å². The van der Waals surface area contributed by atoms with E-state index in [1.54, 1.807) is 7.11 Å². The maximum absolute atomic E-state index is 5.80. The Morgan fingerprint density at radius 3 is 2.75 bits per heavy atom. The zero-order valence-corrected chi connectivity index (χ0v) is 12.6. The number of rotatable bonds is 7. The summed E-state index contributed by atoms with van der Waals surface area (Å²) in [6.07, 6.45) is 3.96. The number of hydrogen-bond donors (Lipinski definition) is 1. The molecule has 20 heavy (non-hydrogen) atoms. The van der Waals surface area contributed by atoms with E-state index in [0.717, 1.165) is 31.1 Å². The van der Waals surface area contributed by atoms with E-state index in [-0.39, 0.29) is 0 Å². The number of nitrogens with one attached hydrogen (secondary N) is 1. The molecule has 1 fully saturated rings. The molecule has 0 radical (unpaired) electrons. The summed E-state index contributed by atoms with van der Waals surface area (Å²) in [5.74, 6) is 1.61. The quantitative estimate of drug-likeness (QED) is 0.828. The number of piperidine rings is 1. The minimum atomic E-state index is 0.639. The van der Waals surface area contributed by atoms with Crippen LogP contribution < -0.4 is 14.8 Å². The van der Waals surface area contributed by atoms with Crippen LogP contribution in [0.25, 0.3) is 0 Å². The normalized spacial score (nSPS) is 19.1. The van der Waals surface area contributed by atoms with Gasteiger partial charge in [0.15, 0.2) is 11.5 Å². The Morgan fingerprint density at radius 1 is 1.25 bits per heavy atom. The van der Waals surface area contributed by atoms with Gasteiger partial charge >= 0.3 is 0 Å². The fourth-order valence-electron chi connectivity index (χ4n) is 2.60. The van der Waals surface area contributed by atoms with Crippen LogP contribution in [0.15, 0.2) is 24.3 Å². The first-order chi connectivity index (χ1) is 9.79. The van der Waals surface area contributed by atoms with Gasteiger partial charge < -0.3 is 19.7 Å². The van der Waals surface area contributed by atoms with Crippen molar-refractivity contribution >= 4 is 0 Å². The zero-order valence-electron chi connectivity index (χ0n) is 12.6. The van der Waals surface area contributed by atoms with Crippen LogP contribution in [0.1, 0.15) is 19.3 Å². The molecule has 4 heteroatoms. The molecular weight excluding hydrogens is 252 g/mol. The molecule has 1 aromatic carbocycles. The smallest absolute Gasteiger partial charge is 0.161 e. The summed E-state index contributed by atoms with van der Waals surface area (Å²) in [7, 11) is 3.82. The summed E-state index contributed by atoms with van der Waals surface area (Å²) in [6.45, 7) is 3.87. The Kier molecular flexibility index (Phi) is 6.15. The predicted molar refractivity (Wildman–Crippen MR) is 81.6 cm³/mol. The first-order valence-electron chi connectivity index (χ1n) is 7.47. The van der Waals surface area contributed by atoms with Crippen molar-refractivity contribution in [1.82, 2.24) is 10.2 Å². The van der Waals surface area contributed by atoms with Crippen molar-refractivity contribution in [3.05, 3.63) is 24.3 Å². The van der Waals surface area contributed by atoms with Crippen LogP contribution in [0.2, 0.25) is 0 Å². The standard InChI is InChI=1S/C16H26N2O2/c1-18(13-14-7-5-6-10-17-14)11-12-20-16-9-4-3-8-15(16)19-2/h3-4,8-9,14,17H,5-7,10-13H2,1-2H3. The highest BCUT2D eigenvalue weighted by molar-refractivity contribution is 5.39. The van der Waals surface area contributed by atoms with Crippen molar-refractivity contribution in [3.8, 4) is 11.5 Å². The lowest BCUT2D eigenvalue weighted by Gasteiger charge is -2.28. The highest BCUT2D eigenvalue weighted by atomic mass is 16.5. The molecule has 0 amide bonds. The third-order valence-electron chi connectivity index (χ3n) is 3.74. The van der Waals surface area contributed by atoms with Gasteiger partial charge in [-0.25, -0.2) is 0 Å². The molecule has 2 rings (SSSR count). The molecule has 0 bridgehead atoms. The lowest BCUT2D eigenvalue weighted by Crippen LogP contribution is -2.43. The predicted octanol–water partition coefficient (Wildman–Crippen LogP) is 2.15. The SMILES string of the molecule is COc1ccccc1OCCN(C)CC1CCCCN1. The molecule has 0 saturated carbocycles. The first-order valence-corrected chi connectivity index (χ1v) is 7.47. The van der Waals surface area contributed by atoms with Gasteiger partial charge in [-0.3, -0.25) is 0 Å². The minimum Gasteiger partial charge on any atom is -0.493 e. The van der Waals surface area contributed by atoms with Crippen LogP contribution in [-0.4, -0.2) is 51.3 Å². The van der Waals surface area contributed by atoms with Crippen LogP contribution in [-0.2, 0) is 0 Å². The van der Waals surface area contributed by atoms with Crippen LogP contribution in [0, 0.1) is 0 Å². The fraction of sp³-hybridized carbons (Fsp3) is 0.625. The molecule has 4 nitrogen and oxygen atoms in total. The van der Waals surface area contributed by atoms with Gasteiger partial charge in [0, 0.05) is 19.1 Å². The number of ether oxygens (including phenoxy) is 2. The highest BCUT2D eigenvalue weighted by Gasteiger charge is 2.14. The van der Waals surface area contributed by atoms with Crippen molar-refractivity contribution < 1.29 is 9.47 Å².